The second kappa shape index (κ2) is 17.1. The predicted octanol–water partition coefficient (Wildman–Crippen LogP) is 7.80. The first-order valence-electron chi connectivity index (χ1n) is 14.9. The highest BCUT2D eigenvalue weighted by molar-refractivity contribution is 5.94. The predicted molar refractivity (Wildman–Crippen MR) is 168 cm³/mol. The van der Waals surface area contributed by atoms with Crippen LogP contribution in [0.2, 0.25) is 0 Å². The van der Waals surface area contributed by atoms with Crippen molar-refractivity contribution in [2.45, 2.75) is 72.3 Å². The molecule has 224 valence electrons. The number of carbonyl (C=O) groups excluding carboxylic acids is 1. The van der Waals surface area contributed by atoms with Crippen LogP contribution in [-0.2, 0) is 27.4 Å². The molecule has 0 saturated heterocycles. The number of nitrogens with one attached hydrogen (secondary N) is 1. The first kappa shape index (κ1) is 32.5. The maximum atomic E-state index is 12.6. The molecule has 0 aliphatic heterocycles. The van der Waals surface area contributed by atoms with Gasteiger partial charge in [0, 0.05) is 18.7 Å². The third-order valence-electron chi connectivity index (χ3n) is 7.40. The fraction of sp³-hybridized carbons (Fsp3) is 0.400. The number of aliphatic carboxylic acids is 1. The van der Waals surface area contributed by atoms with E-state index in [2.05, 4.69) is 29.4 Å². The number of amides is 1. The summed E-state index contributed by atoms with van der Waals surface area (Å²) >= 11 is 0. The summed E-state index contributed by atoms with van der Waals surface area (Å²) in [4.78, 5) is 29.0. The van der Waals surface area contributed by atoms with Crippen LogP contribution in [0.1, 0.15) is 81.8 Å². The smallest absolute Gasteiger partial charge is 0.310 e. The second-order valence-corrected chi connectivity index (χ2v) is 10.5. The van der Waals surface area contributed by atoms with Crippen LogP contribution in [0.3, 0.4) is 0 Å². The van der Waals surface area contributed by atoms with Gasteiger partial charge >= 0.3 is 5.97 Å². The summed E-state index contributed by atoms with van der Waals surface area (Å²) in [5, 5.41) is 12.5. The SMILES string of the molecule is CCCOc1ccc(CCCCOCc2cccc(/C=C/c3cccc(NC(=O)CC(CC)(CC)C(=O)O)c3)n2)cc1. The van der Waals surface area contributed by atoms with Crippen LogP contribution in [0, 0.1) is 5.41 Å². The number of benzene rings is 2. The summed E-state index contributed by atoms with van der Waals surface area (Å²) in [5.74, 6) is -0.312. The molecule has 3 aromatic rings. The Hall–Kier alpha value is -3.97. The van der Waals surface area contributed by atoms with E-state index < -0.39 is 11.4 Å². The Labute approximate surface area is 250 Å². The zero-order valence-corrected chi connectivity index (χ0v) is 25.1. The number of unbranched alkanes of at least 4 members (excludes halogenated alkanes) is 1. The van der Waals surface area contributed by atoms with Gasteiger partial charge in [0.1, 0.15) is 5.75 Å². The van der Waals surface area contributed by atoms with Gasteiger partial charge in [-0.15, -0.1) is 0 Å². The highest BCUT2D eigenvalue weighted by Gasteiger charge is 2.37. The van der Waals surface area contributed by atoms with E-state index in [4.69, 9.17) is 9.47 Å². The molecule has 0 bridgehead atoms. The molecule has 0 aliphatic carbocycles. The quantitative estimate of drug-likeness (QED) is 0.151. The largest absolute Gasteiger partial charge is 0.494 e. The molecule has 1 amide bonds. The van der Waals surface area contributed by atoms with Crippen LogP contribution < -0.4 is 10.1 Å². The normalized spacial score (nSPS) is 11.5. The van der Waals surface area contributed by atoms with E-state index in [-0.39, 0.29) is 12.3 Å². The molecule has 0 fully saturated rings. The van der Waals surface area contributed by atoms with Crippen LogP contribution in [0.4, 0.5) is 5.69 Å². The van der Waals surface area contributed by atoms with E-state index >= 15 is 0 Å². The molecule has 7 heteroatoms. The molecular weight excluding hydrogens is 528 g/mol. The van der Waals surface area contributed by atoms with Crippen molar-refractivity contribution in [1.82, 2.24) is 4.98 Å². The number of nitrogens with zero attached hydrogens (tertiary/aromatic N) is 1. The average Bonchev–Trinajstić information content (AvgIpc) is 3.00. The molecule has 2 aromatic carbocycles. The second-order valence-electron chi connectivity index (χ2n) is 10.5. The monoisotopic (exact) mass is 572 g/mol. The summed E-state index contributed by atoms with van der Waals surface area (Å²) in [6.45, 7) is 7.60. The standard InChI is InChI=1S/C35H44N2O5/c1-4-22-42-32-20-17-27(18-21-32)11-7-8-23-41-26-31-15-10-13-29(36-31)19-16-28-12-9-14-30(24-28)37-33(38)25-35(5-2,6-3)34(39)40/h9-10,12-21,24H,4-8,11,22-23,25-26H2,1-3H3,(H,37,38)(H,39,40)/b19-16+. The Balaban J connectivity index is 1.44. The maximum Gasteiger partial charge on any atom is 0.310 e. The van der Waals surface area contributed by atoms with Gasteiger partial charge < -0.3 is 19.9 Å². The minimum absolute atomic E-state index is 0.0585. The maximum absolute atomic E-state index is 12.6. The lowest BCUT2D eigenvalue weighted by atomic mass is 9.79. The molecule has 3 rings (SSSR count). The lowest BCUT2D eigenvalue weighted by Gasteiger charge is -2.25. The van der Waals surface area contributed by atoms with Crippen molar-refractivity contribution in [2.75, 3.05) is 18.5 Å². The minimum atomic E-state index is -1.04. The van der Waals surface area contributed by atoms with Gasteiger partial charge in [0.25, 0.3) is 0 Å². The fourth-order valence-corrected chi connectivity index (χ4v) is 4.65. The number of aromatic nitrogens is 1. The van der Waals surface area contributed by atoms with Crippen LogP contribution in [0.5, 0.6) is 5.75 Å². The summed E-state index contributed by atoms with van der Waals surface area (Å²) in [5.41, 5.74) is 3.47. The first-order valence-corrected chi connectivity index (χ1v) is 14.9. The van der Waals surface area contributed by atoms with Gasteiger partial charge in [-0.2, -0.15) is 0 Å². The summed E-state index contributed by atoms with van der Waals surface area (Å²) in [6.07, 6.45) is 8.66. The first-order chi connectivity index (χ1) is 20.4. The molecule has 1 aromatic heterocycles. The van der Waals surface area contributed by atoms with Gasteiger partial charge in [0.2, 0.25) is 5.91 Å². The van der Waals surface area contributed by atoms with Gasteiger partial charge in [-0.1, -0.05) is 57.2 Å². The van der Waals surface area contributed by atoms with Gasteiger partial charge in [-0.25, -0.2) is 0 Å². The number of carbonyl (C=O) groups is 2. The van der Waals surface area contributed by atoms with Crippen molar-refractivity contribution < 1.29 is 24.2 Å². The van der Waals surface area contributed by atoms with Crippen molar-refractivity contribution >= 4 is 29.7 Å². The Bertz CT molecular complexity index is 1300. The van der Waals surface area contributed by atoms with E-state index in [9.17, 15) is 14.7 Å². The molecular formula is C35H44N2O5. The number of carboxylic acid groups (broad SMARTS) is 1. The number of carboxylic acids is 1. The Morgan fingerprint density at radius 1 is 0.929 bits per heavy atom. The molecule has 0 spiro atoms. The molecule has 0 atom stereocenters. The van der Waals surface area contributed by atoms with Crippen LogP contribution in [-0.4, -0.2) is 35.2 Å². The van der Waals surface area contributed by atoms with Crippen molar-refractivity contribution in [3.05, 3.63) is 89.2 Å². The van der Waals surface area contributed by atoms with E-state index in [1.54, 1.807) is 19.9 Å². The molecule has 0 aliphatic rings. The summed E-state index contributed by atoms with van der Waals surface area (Å²) in [7, 11) is 0. The molecule has 42 heavy (non-hydrogen) atoms. The molecule has 0 unspecified atom stereocenters. The number of rotatable bonds is 18. The summed E-state index contributed by atoms with van der Waals surface area (Å²) < 4.78 is 11.5. The number of hydrogen-bond acceptors (Lipinski definition) is 5. The molecule has 0 radical (unpaired) electrons. The van der Waals surface area contributed by atoms with Crippen LogP contribution in [0.15, 0.2) is 66.7 Å². The number of pyridine rings is 1. The molecule has 0 saturated carbocycles. The Morgan fingerprint density at radius 3 is 2.40 bits per heavy atom. The van der Waals surface area contributed by atoms with E-state index in [1.807, 2.05) is 60.7 Å². The van der Waals surface area contributed by atoms with Crippen molar-refractivity contribution in [1.29, 1.82) is 0 Å². The van der Waals surface area contributed by atoms with Crippen LogP contribution >= 0.6 is 0 Å². The molecule has 1 heterocycles. The number of hydrogen-bond donors (Lipinski definition) is 2. The zero-order valence-electron chi connectivity index (χ0n) is 25.1. The molecule has 2 N–H and O–H groups in total. The number of anilines is 1. The van der Waals surface area contributed by atoms with Crippen LogP contribution in [0.25, 0.3) is 12.2 Å². The van der Waals surface area contributed by atoms with Gasteiger partial charge in [-0.05, 0) is 92.1 Å². The van der Waals surface area contributed by atoms with E-state index in [0.717, 1.165) is 55.0 Å². The minimum Gasteiger partial charge on any atom is -0.494 e. The zero-order chi connectivity index (χ0) is 30.2. The van der Waals surface area contributed by atoms with Gasteiger partial charge in [-0.3, -0.25) is 14.6 Å². The Kier molecular flexibility index (Phi) is 13.2. The molecule has 7 nitrogen and oxygen atoms in total. The van der Waals surface area contributed by atoms with Gasteiger partial charge in [0.15, 0.2) is 0 Å². The van der Waals surface area contributed by atoms with Crippen molar-refractivity contribution in [2.24, 2.45) is 5.41 Å². The van der Waals surface area contributed by atoms with Gasteiger partial charge in [0.05, 0.1) is 30.0 Å². The average molecular weight is 573 g/mol. The van der Waals surface area contributed by atoms with Crippen molar-refractivity contribution in [3.63, 3.8) is 0 Å². The summed E-state index contributed by atoms with van der Waals surface area (Å²) in [6, 6.07) is 21.6. The third kappa shape index (κ3) is 10.5. The topological polar surface area (TPSA) is 97.8 Å². The highest BCUT2D eigenvalue weighted by Crippen LogP contribution is 2.31. The lowest BCUT2D eigenvalue weighted by Crippen LogP contribution is -2.34. The van der Waals surface area contributed by atoms with Crippen molar-refractivity contribution in [3.8, 4) is 5.75 Å². The lowest BCUT2D eigenvalue weighted by molar-refractivity contribution is -0.151. The third-order valence-corrected chi connectivity index (χ3v) is 7.40. The van der Waals surface area contributed by atoms with E-state index in [1.165, 1.54) is 5.56 Å². The van der Waals surface area contributed by atoms with E-state index in [0.29, 0.717) is 31.7 Å². The highest BCUT2D eigenvalue weighted by atomic mass is 16.5. The Morgan fingerprint density at radius 2 is 1.69 bits per heavy atom. The number of ether oxygens (including phenoxy) is 2. The fourth-order valence-electron chi connectivity index (χ4n) is 4.65. The number of aryl methyl sites for hydroxylation is 1.